The lowest BCUT2D eigenvalue weighted by Crippen LogP contribution is -2.54. The maximum atomic E-state index is 14.5. The summed E-state index contributed by atoms with van der Waals surface area (Å²) < 4.78 is 28.9. The Morgan fingerprint density at radius 2 is 1.54 bits per heavy atom. The Hall–Kier alpha value is -4.74. The van der Waals surface area contributed by atoms with Gasteiger partial charge in [0.05, 0.1) is 15.5 Å². The number of non-ortho nitro benzene ring substituents is 1. The summed E-state index contributed by atoms with van der Waals surface area (Å²) in [6.07, 6.45) is 0.791. The van der Waals surface area contributed by atoms with Gasteiger partial charge in [-0.3, -0.25) is 24.0 Å². The zero-order valence-electron chi connectivity index (χ0n) is 25.5. The average Bonchev–Trinajstić information content (AvgIpc) is 3.06. The fraction of sp³-hybridized carbons (Fsp3) is 0.235. The van der Waals surface area contributed by atoms with Crippen molar-refractivity contribution >= 4 is 44.8 Å². The normalized spacial score (nSPS) is 12.5. The van der Waals surface area contributed by atoms with Crippen LogP contribution in [0.2, 0.25) is 5.02 Å². The summed E-state index contributed by atoms with van der Waals surface area (Å²) in [6.45, 7) is 2.94. The van der Waals surface area contributed by atoms with E-state index in [-0.39, 0.29) is 35.3 Å². The van der Waals surface area contributed by atoms with E-state index in [9.17, 15) is 28.1 Å². The van der Waals surface area contributed by atoms with Crippen LogP contribution in [0.25, 0.3) is 0 Å². The molecule has 240 valence electrons. The number of hydrogen-bond donors (Lipinski definition) is 1. The lowest BCUT2D eigenvalue weighted by Gasteiger charge is -2.34. The molecule has 0 unspecified atom stereocenters. The Labute approximate surface area is 273 Å². The molecule has 2 amide bonds. The van der Waals surface area contributed by atoms with Crippen LogP contribution in [0.5, 0.6) is 0 Å². The molecule has 0 saturated carbocycles. The summed E-state index contributed by atoms with van der Waals surface area (Å²) in [4.78, 5) is 40.6. The Kier molecular flexibility index (Phi) is 11.5. The first-order valence-electron chi connectivity index (χ1n) is 14.7. The molecule has 0 fully saturated rings. The number of benzene rings is 4. The van der Waals surface area contributed by atoms with Crippen LogP contribution >= 0.6 is 11.6 Å². The van der Waals surface area contributed by atoms with Gasteiger partial charge in [0.2, 0.25) is 11.8 Å². The molecule has 0 saturated heterocycles. The summed E-state index contributed by atoms with van der Waals surface area (Å²) in [5.74, 6) is -1.11. The minimum absolute atomic E-state index is 0.0761. The molecule has 12 heteroatoms. The third-order valence-electron chi connectivity index (χ3n) is 7.51. The summed E-state index contributed by atoms with van der Waals surface area (Å²) in [5, 5.41) is 15.0. The van der Waals surface area contributed by atoms with Crippen molar-refractivity contribution < 1.29 is 22.9 Å². The second kappa shape index (κ2) is 15.5. The number of nitro benzene ring substituents is 1. The quantitative estimate of drug-likeness (QED) is 0.130. The van der Waals surface area contributed by atoms with Crippen molar-refractivity contribution in [3.63, 3.8) is 0 Å². The molecular formula is C34H35ClN4O6S. The number of halogens is 1. The number of carbonyl (C=O) groups is 2. The first-order valence-corrected chi connectivity index (χ1v) is 16.5. The maximum absolute atomic E-state index is 14.5. The fourth-order valence-electron chi connectivity index (χ4n) is 4.82. The summed E-state index contributed by atoms with van der Waals surface area (Å²) in [5.41, 5.74) is 0.921. The number of amides is 2. The highest BCUT2D eigenvalue weighted by Gasteiger charge is 2.35. The molecule has 0 aliphatic carbocycles. The van der Waals surface area contributed by atoms with Crippen LogP contribution in [0.15, 0.2) is 114 Å². The van der Waals surface area contributed by atoms with Gasteiger partial charge in [0.1, 0.15) is 12.6 Å². The zero-order chi connectivity index (χ0) is 33.3. The molecule has 0 radical (unpaired) electrons. The van der Waals surface area contributed by atoms with Crippen molar-refractivity contribution in [2.45, 2.75) is 50.2 Å². The third kappa shape index (κ3) is 8.49. The van der Waals surface area contributed by atoms with Crippen LogP contribution in [0.1, 0.15) is 31.4 Å². The molecule has 2 atom stereocenters. The Bertz CT molecular complexity index is 1770. The van der Waals surface area contributed by atoms with E-state index in [2.05, 4.69) is 5.32 Å². The van der Waals surface area contributed by atoms with Gasteiger partial charge in [-0.05, 0) is 48.7 Å². The highest BCUT2D eigenvalue weighted by atomic mass is 35.5. The molecule has 0 heterocycles. The number of hydrogen-bond acceptors (Lipinski definition) is 6. The van der Waals surface area contributed by atoms with Crippen molar-refractivity contribution in [3.8, 4) is 0 Å². The maximum Gasteiger partial charge on any atom is 0.271 e. The summed E-state index contributed by atoms with van der Waals surface area (Å²) in [7, 11) is -4.40. The van der Waals surface area contributed by atoms with Crippen LogP contribution in [0.3, 0.4) is 0 Å². The number of rotatable bonds is 14. The first-order chi connectivity index (χ1) is 22.0. The molecule has 0 aliphatic heterocycles. The van der Waals surface area contributed by atoms with Gasteiger partial charge in [-0.2, -0.15) is 0 Å². The standard InChI is InChI=1S/C34H35ClN4O6S/c1-3-25(2)36-34(41)32(21-26-13-6-4-7-14-26)37(23-27-15-10-11-20-31(27)35)33(40)24-38(28-16-12-17-29(22-28)39(42)43)46(44,45)30-18-8-5-9-19-30/h4-20,22,25,32H,3,21,23-24H2,1-2H3,(H,36,41)/t25-,32-/m1/s1. The van der Waals surface area contributed by atoms with Gasteiger partial charge in [-0.15, -0.1) is 0 Å². The van der Waals surface area contributed by atoms with Gasteiger partial charge in [0, 0.05) is 36.2 Å². The lowest BCUT2D eigenvalue weighted by atomic mass is 10.0. The molecule has 0 spiro atoms. The smallest absolute Gasteiger partial charge is 0.271 e. The second-order valence-electron chi connectivity index (χ2n) is 10.7. The predicted molar refractivity (Wildman–Crippen MR) is 178 cm³/mol. The van der Waals surface area contributed by atoms with E-state index < -0.39 is 39.3 Å². The first kappa shape index (κ1) is 34.1. The Balaban J connectivity index is 1.84. The van der Waals surface area contributed by atoms with Gasteiger partial charge in [-0.1, -0.05) is 91.3 Å². The number of sulfonamides is 1. The third-order valence-corrected chi connectivity index (χ3v) is 9.67. The molecule has 1 N–H and O–H groups in total. The highest BCUT2D eigenvalue weighted by Crippen LogP contribution is 2.28. The van der Waals surface area contributed by atoms with Gasteiger partial charge >= 0.3 is 0 Å². The monoisotopic (exact) mass is 662 g/mol. The van der Waals surface area contributed by atoms with E-state index in [4.69, 9.17) is 11.6 Å². The van der Waals surface area contributed by atoms with Crippen molar-refractivity contribution in [2.24, 2.45) is 0 Å². The number of nitro groups is 1. The topological polar surface area (TPSA) is 130 Å². The number of nitrogens with zero attached hydrogens (tertiary/aromatic N) is 3. The number of carbonyl (C=O) groups excluding carboxylic acids is 2. The molecule has 0 bridgehead atoms. The Morgan fingerprint density at radius 1 is 0.913 bits per heavy atom. The van der Waals surface area contributed by atoms with Crippen molar-refractivity contribution in [1.29, 1.82) is 0 Å². The largest absolute Gasteiger partial charge is 0.352 e. The minimum Gasteiger partial charge on any atom is -0.352 e. The number of nitrogens with one attached hydrogen (secondary N) is 1. The lowest BCUT2D eigenvalue weighted by molar-refractivity contribution is -0.384. The summed E-state index contributed by atoms with van der Waals surface area (Å²) in [6, 6.07) is 27.4. The van der Waals surface area contributed by atoms with E-state index in [0.29, 0.717) is 17.0 Å². The van der Waals surface area contributed by atoms with Gasteiger partial charge in [-0.25, -0.2) is 8.42 Å². The number of anilines is 1. The van der Waals surface area contributed by atoms with Crippen LogP contribution in [0, 0.1) is 10.1 Å². The highest BCUT2D eigenvalue weighted by molar-refractivity contribution is 7.92. The van der Waals surface area contributed by atoms with Gasteiger partial charge in [0.15, 0.2) is 0 Å². The van der Waals surface area contributed by atoms with Crippen molar-refractivity contribution in [2.75, 3.05) is 10.8 Å². The average molecular weight is 663 g/mol. The van der Waals surface area contributed by atoms with Gasteiger partial charge in [0.25, 0.3) is 15.7 Å². The van der Waals surface area contributed by atoms with Crippen molar-refractivity contribution in [3.05, 3.63) is 135 Å². The molecule has 46 heavy (non-hydrogen) atoms. The predicted octanol–water partition coefficient (Wildman–Crippen LogP) is 6.00. The van der Waals surface area contributed by atoms with E-state index >= 15 is 0 Å². The van der Waals surface area contributed by atoms with Crippen LogP contribution in [-0.2, 0) is 32.6 Å². The van der Waals surface area contributed by atoms with Crippen LogP contribution in [-0.4, -0.2) is 48.7 Å². The molecule has 0 aromatic heterocycles. The van der Waals surface area contributed by atoms with Gasteiger partial charge < -0.3 is 10.2 Å². The van der Waals surface area contributed by atoms with Crippen LogP contribution in [0.4, 0.5) is 11.4 Å². The van der Waals surface area contributed by atoms with E-state index in [0.717, 1.165) is 15.9 Å². The van der Waals surface area contributed by atoms with E-state index in [1.807, 2.05) is 44.2 Å². The SMILES string of the molecule is CC[C@@H](C)NC(=O)[C@@H](Cc1ccccc1)N(Cc1ccccc1Cl)C(=O)CN(c1cccc([N+](=O)[O-])c1)S(=O)(=O)c1ccccc1. The molecule has 0 aliphatic rings. The van der Waals surface area contributed by atoms with Crippen molar-refractivity contribution in [1.82, 2.24) is 10.2 Å². The second-order valence-corrected chi connectivity index (χ2v) is 13.0. The molecule has 10 nitrogen and oxygen atoms in total. The minimum atomic E-state index is -4.40. The molecule has 4 rings (SSSR count). The Morgan fingerprint density at radius 3 is 2.17 bits per heavy atom. The van der Waals surface area contributed by atoms with E-state index in [1.54, 1.807) is 42.5 Å². The summed E-state index contributed by atoms with van der Waals surface area (Å²) >= 11 is 6.52. The molecule has 4 aromatic rings. The fourth-order valence-corrected chi connectivity index (χ4v) is 6.44. The van der Waals surface area contributed by atoms with Crippen LogP contribution < -0.4 is 9.62 Å². The molecular weight excluding hydrogens is 628 g/mol. The van der Waals surface area contributed by atoms with E-state index in [1.165, 1.54) is 35.2 Å². The zero-order valence-corrected chi connectivity index (χ0v) is 27.0. The molecule has 4 aromatic carbocycles.